The number of nitrogens with zero attached hydrogens (tertiary/aromatic N) is 3. The summed E-state index contributed by atoms with van der Waals surface area (Å²) in [6.07, 6.45) is 6.22. The molecule has 2 aromatic heterocycles. The Bertz CT molecular complexity index is 559. The second-order valence-electron chi connectivity index (χ2n) is 5.12. The van der Waals surface area contributed by atoms with Gasteiger partial charge in [0.1, 0.15) is 5.65 Å². The Morgan fingerprint density at radius 3 is 3.16 bits per heavy atom. The van der Waals surface area contributed by atoms with Crippen LogP contribution in [0.1, 0.15) is 18.5 Å². The number of rotatable bonds is 2. The van der Waals surface area contributed by atoms with Gasteiger partial charge in [0.25, 0.3) is 0 Å². The van der Waals surface area contributed by atoms with E-state index in [1.54, 1.807) is 0 Å². The third-order valence-corrected chi connectivity index (χ3v) is 3.56. The highest BCUT2D eigenvalue weighted by Gasteiger charge is 2.21. The molecule has 0 radical (unpaired) electrons. The molecule has 19 heavy (non-hydrogen) atoms. The van der Waals surface area contributed by atoms with E-state index in [-0.39, 0.29) is 11.9 Å². The van der Waals surface area contributed by atoms with E-state index >= 15 is 0 Å². The van der Waals surface area contributed by atoms with E-state index in [4.69, 9.17) is 5.73 Å². The first kappa shape index (κ1) is 12.2. The van der Waals surface area contributed by atoms with Gasteiger partial charge in [0.15, 0.2) is 0 Å². The zero-order valence-electron chi connectivity index (χ0n) is 10.8. The monoisotopic (exact) mass is 258 g/mol. The fourth-order valence-corrected chi connectivity index (χ4v) is 2.58. The average Bonchev–Trinajstić information content (AvgIpc) is 2.80. The van der Waals surface area contributed by atoms with Crippen molar-refractivity contribution in [3.05, 3.63) is 36.3 Å². The molecule has 100 valence electrons. The highest BCUT2D eigenvalue weighted by atomic mass is 16.2. The molecule has 5 heteroatoms. The largest absolute Gasteiger partial charge is 0.341 e. The first-order valence-electron chi connectivity index (χ1n) is 6.68. The van der Waals surface area contributed by atoms with Crippen molar-refractivity contribution < 1.29 is 4.79 Å². The second kappa shape index (κ2) is 5.01. The van der Waals surface area contributed by atoms with Gasteiger partial charge >= 0.3 is 0 Å². The molecule has 1 atom stereocenters. The first-order valence-corrected chi connectivity index (χ1v) is 6.68. The Morgan fingerprint density at radius 1 is 1.47 bits per heavy atom. The minimum Gasteiger partial charge on any atom is -0.341 e. The molecule has 0 saturated carbocycles. The van der Waals surface area contributed by atoms with Gasteiger partial charge < -0.3 is 15.0 Å². The Hall–Kier alpha value is -1.88. The van der Waals surface area contributed by atoms with E-state index in [1.807, 2.05) is 39.9 Å². The molecule has 1 aliphatic rings. The quantitative estimate of drug-likeness (QED) is 0.867. The molecule has 1 fully saturated rings. The van der Waals surface area contributed by atoms with E-state index in [0.717, 1.165) is 30.7 Å². The molecule has 0 bridgehead atoms. The number of imidazole rings is 1. The molecule has 0 unspecified atom stereocenters. The van der Waals surface area contributed by atoms with Gasteiger partial charge in [-0.2, -0.15) is 0 Å². The lowest BCUT2D eigenvalue weighted by Gasteiger charge is -2.30. The normalized spacial score (nSPS) is 19.8. The van der Waals surface area contributed by atoms with Crippen molar-refractivity contribution in [1.82, 2.24) is 14.3 Å². The highest BCUT2D eigenvalue weighted by Crippen LogP contribution is 2.11. The summed E-state index contributed by atoms with van der Waals surface area (Å²) in [6, 6.07) is 5.95. The SMILES string of the molecule is N[C@H]1CCCN(C(=O)Cc2cn3ccccc3n2)C1. The van der Waals surface area contributed by atoms with Gasteiger partial charge in [-0.1, -0.05) is 6.07 Å². The van der Waals surface area contributed by atoms with Crippen molar-refractivity contribution in [2.45, 2.75) is 25.3 Å². The maximum Gasteiger partial charge on any atom is 0.228 e. The van der Waals surface area contributed by atoms with Crippen molar-refractivity contribution in [2.24, 2.45) is 5.73 Å². The second-order valence-corrected chi connectivity index (χ2v) is 5.12. The molecule has 3 rings (SSSR count). The Kier molecular flexibility index (Phi) is 3.21. The van der Waals surface area contributed by atoms with Crippen molar-refractivity contribution in [3.63, 3.8) is 0 Å². The maximum absolute atomic E-state index is 12.2. The minimum absolute atomic E-state index is 0.124. The number of carbonyl (C=O) groups excluding carboxylic acids is 1. The molecule has 0 aliphatic carbocycles. The fraction of sp³-hybridized carbons (Fsp3) is 0.429. The molecule has 2 aromatic rings. The van der Waals surface area contributed by atoms with Gasteiger partial charge in [-0.3, -0.25) is 4.79 Å². The number of amides is 1. The van der Waals surface area contributed by atoms with E-state index in [2.05, 4.69) is 4.98 Å². The Labute approximate surface area is 112 Å². The number of fused-ring (bicyclic) bond motifs is 1. The zero-order valence-corrected chi connectivity index (χ0v) is 10.8. The fourth-order valence-electron chi connectivity index (χ4n) is 2.58. The maximum atomic E-state index is 12.2. The van der Waals surface area contributed by atoms with Crippen molar-refractivity contribution in [3.8, 4) is 0 Å². The summed E-state index contributed by atoms with van der Waals surface area (Å²) in [5.41, 5.74) is 7.59. The average molecular weight is 258 g/mol. The predicted octanol–water partition coefficient (Wildman–Crippen LogP) is 0.826. The lowest BCUT2D eigenvalue weighted by atomic mass is 10.1. The van der Waals surface area contributed by atoms with Crippen LogP contribution in [-0.2, 0) is 11.2 Å². The summed E-state index contributed by atoms with van der Waals surface area (Å²) in [5.74, 6) is 0.124. The van der Waals surface area contributed by atoms with Crippen LogP contribution in [-0.4, -0.2) is 39.3 Å². The third-order valence-electron chi connectivity index (χ3n) is 3.56. The van der Waals surface area contributed by atoms with Gasteiger partial charge in [-0.05, 0) is 25.0 Å². The summed E-state index contributed by atoms with van der Waals surface area (Å²) in [4.78, 5) is 18.5. The third kappa shape index (κ3) is 2.61. The van der Waals surface area contributed by atoms with Crippen molar-refractivity contribution in [1.29, 1.82) is 0 Å². The van der Waals surface area contributed by atoms with Gasteiger partial charge in [-0.25, -0.2) is 4.98 Å². The molecule has 2 N–H and O–H groups in total. The van der Waals surface area contributed by atoms with Crippen LogP contribution in [0, 0.1) is 0 Å². The Balaban J connectivity index is 1.71. The molecule has 0 aromatic carbocycles. The number of pyridine rings is 1. The van der Waals surface area contributed by atoms with Crippen LogP contribution in [0.5, 0.6) is 0 Å². The van der Waals surface area contributed by atoms with Crippen molar-refractivity contribution in [2.75, 3.05) is 13.1 Å². The van der Waals surface area contributed by atoms with Crippen LogP contribution >= 0.6 is 0 Å². The molecule has 5 nitrogen and oxygen atoms in total. The summed E-state index contributed by atoms with van der Waals surface area (Å²) in [5, 5.41) is 0. The Morgan fingerprint density at radius 2 is 2.37 bits per heavy atom. The smallest absolute Gasteiger partial charge is 0.228 e. The van der Waals surface area contributed by atoms with Crippen LogP contribution in [0.25, 0.3) is 5.65 Å². The van der Waals surface area contributed by atoms with E-state index in [1.165, 1.54) is 0 Å². The summed E-state index contributed by atoms with van der Waals surface area (Å²) >= 11 is 0. The molecular formula is C14H18N4O. The standard InChI is InChI=1S/C14H18N4O/c15-11-4-3-7-18(9-11)14(19)8-12-10-17-6-2-1-5-13(17)16-12/h1-2,5-6,10-11H,3-4,7-9,15H2/t11-/m0/s1. The number of carbonyl (C=O) groups is 1. The lowest BCUT2D eigenvalue weighted by molar-refractivity contribution is -0.131. The lowest BCUT2D eigenvalue weighted by Crippen LogP contribution is -2.46. The molecule has 1 saturated heterocycles. The zero-order chi connectivity index (χ0) is 13.2. The number of nitrogens with two attached hydrogens (primary N) is 1. The van der Waals surface area contributed by atoms with E-state index < -0.39 is 0 Å². The van der Waals surface area contributed by atoms with E-state index in [0.29, 0.717) is 13.0 Å². The van der Waals surface area contributed by atoms with Gasteiger partial charge in [0, 0.05) is 31.5 Å². The molecule has 1 amide bonds. The summed E-state index contributed by atoms with van der Waals surface area (Å²) < 4.78 is 1.94. The highest BCUT2D eigenvalue weighted by molar-refractivity contribution is 5.78. The summed E-state index contributed by atoms with van der Waals surface area (Å²) in [7, 11) is 0. The number of likely N-dealkylation sites (tertiary alicyclic amines) is 1. The summed E-state index contributed by atoms with van der Waals surface area (Å²) in [6.45, 7) is 1.49. The van der Waals surface area contributed by atoms with Gasteiger partial charge in [0.2, 0.25) is 5.91 Å². The van der Waals surface area contributed by atoms with Crippen molar-refractivity contribution >= 4 is 11.6 Å². The van der Waals surface area contributed by atoms with Crippen LogP contribution in [0.2, 0.25) is 0 Å². The number of hydrogen-bond acceptors (Lipinski definition) is 3. The topological polar surface area (TPSA) is 63.6 Å². The van der Waals surface area contributed by atoms with Crippen LogP contribution in [0.4, 0.5) is 0 Å². The van der Waals surface area contributed by atoms with Gasteiger partial charge in [-0.15, -0.1) is 0 Å². The van der Waals surface area contributed by atoms with Crippen LogP contribution in [0.3, 0.4) is 0 Å². The van der Waals surface area contributed by atoms with Gasteiger partial charge in [0.05, 0.1) is 12.1 Å². The van der Waals surface area contributed by atoms with Crippen LogP contribution < -0.4 is 5.73 Å². The predicted molar refractivity (Wildman–Crippen MR) is 72.7 cm³/mol. The number of piperidine rings is 1. The molecular weight excluding hydrogens is 240 g/mol. The molecule has 0 spiro atoms. The first-order chi connectivity index (χ1) is 9.22. The minimum atomic E-state index is 0.124. The number of hydrogen-bond donors (Lipinski definition) is 1. The van der Waals surface area contributed by atoms with E-state index in [9.17, 15) is 4.79 Å². The molecule has 1 aliphatic heterocycles. The molecule has 3 heterocycles. The van der Waals surface area contributed by atoms with Crippen LogP contribution in [0.15, 0.2) is 30.6 Å². The number of aromatic nitrogens is 2.